The summed E-state index contributed by atoms with van der Waals surface area (Å²) < 4.78 is 1.94. The van der Waals surface area contributed by atoms with Crippen LogP contribution in [0.4, 0.5) is 5.69 Å². The Morgan fingerprint density at radius 1 is 0.848 bits per heavy atom. The van der Waals surface area contributed by atoms with Gasteiger partial charge in [-0.15, -0.1) is 0 Å². The van der Waals surface area contributed by atoms with E-state index in [0.29, 0.717) is 5.11 Å². The number of nitrogens with zero attached hydrogens (tertiary/aromatic N) is 2. The van der Waals surface area contributed by atoms with Crippen LogP contribution >= 0.6 is 44.1 Å². The minimum absolute atomic E-state index is 0.102. The first-order valence-corrected chi connectivity index (χ1v) is 12.4. The van der Waals surface area contributed by atoms with Crippen molar-refractivity contribution in [1.82, 2.24) is 10.6 Å². The first-order chi connectivity index (χ1) is 15.9. The molecule has 0 radical (unpaired) electrons. The Kier molecular flexibility index (Phi) is 5.84. The SMILES string of the molecule is CC1=NN(c2ccccc2)C(=O)C12[C@H](c1ccc(Br)cc1)NC(=S)N[C@H]2c1ccc(Br)cc1. The van der Waals surface area contributed by atoms with E-state index >= 15 is 0 Å². The van der Waals surface area contributed by atoms with E-state index in [-0.39, 0.29) is 5.91 Å². The van der Waals surface area contributed by atoms with E-state index < -0.39 is 17.5 Å². The van der Waals surface area contributed by atoms with Crippen LogP contribution in [0.15, 0.2) is 92.9 Å². The Balaban J connectivity index is 1.72. The fourth-order valence-electron chi connectivity index (χ4n) is 4.72. The predicted molar refractivity (Wildman–Crippen MR) is 142 cm³/mol. The molecule has 1 spiro atoms. The van der Waals surface area contributed by atoms with Crippen LogP contribution in [0.2, 0.25) is 0 Å². The van der Waals surface area contributed by atoms with Gasteiger partial charge in [0.2, 0.25) is 0 Å². The summed E-state index contributed by atoms with van der Waals surface area (Å²) in [6, 6.07) is 24.7. The highest BCUT2D eigenvalue weighted by molar-refractivity contribution is 9.10. The highest BCUT2D eigenvalue weighted by Crippen LogP contribution is 2.52. The number of hydrazone groups is 1. The molecular weight excluding hydrogens is 564 g/mol. The van der Waals surface area contributed by atoms with E-state index in [4.69, 9.17) is 17.3 Å². The van der Waals surface area contributed by atoms with Gasteiger partial charge in [0.05, 0.1) is 23.5 Å². The molecule has 5 rings (SSSR count). The Morgan fingerprint density at radius 3 is 1.82 bits per heavy atom. The molecule has 8 heteroatoms. The van der Waals surface area contributed by atoms with Gasteiger partial charge in [0.15, 0.2) is 5.11 Å². The van der Waals surface area contributed by atoms with Gasteiger partial charge in [-0.25, -0.2) is 0 Å². The number of carbonyl (C=O) groups excluding carboxylic acids is 1. The molecule has 2 aliphatic heterocycles. The summed E-state index contributed by atoms with van der Waals surface area (Å²) in [5.74, 6) is -0.102. The lowest BCUT2D eigenvalue weighted by molar-refractivity contribution is -0.126. The van der Waals surface area contributed by atoms with Crippen molar-refractivity contribution in [1.29, 1.82) is 0 Å². The molecule has 33 heavy (non-hydrogen) atoms. The molecule has 0 aliphatic carbocycles. The minimum Gasteiger partial charge on any atom is -0.354 e. The third-order valence-corrected chi connectivity index (χ3v) is 7.56. The van der Waals surface area contributed by atoms with Crippen molar-refractivity contribution in [3.8, 4) is 0 Å². The summed E-state index contributed by atoms with van der Waals surface area (Å²) in [4.78, 5) is 14.4. The van der Waals surface area contributed by atoms with Crippen molar-refractivity contribution in [3.05, 3.63) is 98.9 Å². The van der Waals surface area contributed by atoms with Crippen LogP contribution < -0.4 is 15.6 Å². The molecular formula is C25H20Br2N4OS. The van der Waals surface area contributed by atoms with E-state index in [1.54, 1.807) is 0 Å². The van der Waals surface area contributed by atoms with E-state index in [1.807, 2.05) is 85.8 Å². The van der Waals surface area contributed by atoms with Gasteiger partial charge in [-0.1, -0.05) is 74.3 Å². The number of hydrogen-bond acceptors (Lipinski definition) is 3. The molecule has 2 heterocycles. The average Bonchev–Trinajstić information content (AvgIpc) is 3.08. The number of anilines is 1. The van der Waals surface area contributed by atoms with Gasteiger partial charge in [0.25, 0.3) is 5.91 Å². The minimum atomic E-state index is -1.03. The molecule has 0 saturated carbocycles. The van der Waals surface area contributed by atoms with E-state index in [2.05, 4.69) is 42.5 Å². The van der Waals surface area contributed by atoms with Gasteiger partial charge >= 0.3 is 0 Å². The van der Waals surface area contributed by atoms with Crippen LogP contribution in [0.5, 0.6) is 0 Å². The van der Waals surface area contributed by atoms with Gasteiger partial charge in [-0.2, -0.15) is 10.1 Å². The van der Waals surface area contributed by atoms with Crippen molar-refractivity contribution in [2.24, 2.45) is 10.5 Å². The molecule has 1 fully saturated rings. The van der Waals surface area contributed by atoms with Crippen molar-refractivity contribution in [3.63, 3.8) is 0 Å². The molecule has 0 aromatic heterocycles. The molecule has 5 nitrogen and oxygen atoms in total. The van der Waals surface area contributed by atoms with Crippen LogP contribution in [-0.2, 0) is 4.79 Å². The molecule has 2 atom stereocenters. The number of para-hydroxylation sites is 1. The molecule has 2 N–H and O–H groups in total. The summed E-state index contributed by atoms with van der Waals surface area (Å²) in [5.41, 5.74) is 2.35. The third-order valence-electron chi connectivity index (χ3n) is 6.26. The van der Waals surface area contributed by atoms with Gasteiger partial charge in [-0.05, 0) is 66.7 Å². The Hall–Kier alpha value is -2.55. The average molecular weight is 584 g/mol. The molecule has 3 aromatic rings. The summed E-state index contributed by atoms with van der Waals surface area (Å²) in [5, 5.41) is 13.6. The first-order valence-electron chi connectivity index (χ1n) is 10.4. The predicted octanol–water partition coefficient (Wildman–Crippen LogP) is 5.88. The summed E-state index contributed by atoms with van der Waals surface area (Å²) >= 11 is 12.7. The fourth-order valence-corrected chi connectivity index (χ4v) is 5.48. The largest absolute Gasteiger partial charge is 0.354 e. The van der Waals surface area contributed by atoms with Crippen LogP contribution in [0, 0.1) is 5.41 Å². The number of rotatable bonds is 3. The molecule has 3 aromatic carbocycles. The van der Waals surface area contributed by atoms with Gasteiger partial charge in [-0.3, -0.25) is 4.79 Å². The van der Waals surface area contributed by atoms with Crippen LogP contribution in [0.3, 0.4) is 0 Å². The Morgan fingerprint density at radius 2 is 1.33 bits per heavy atom. The van der Waals surface area contributed by atoms with Crippen LogP contribution in [0.1, 0.15) is 30.1 Å². The lowest BCUT2D eigenvalue weighted by atomic mass is 9.65. The maximum absolute atomic E-state index is 14.4. The highest BCUT2D eigenvalue weighted by Gasteiger charge is 2.62. The molecule has 0 unspecified atom stereocenters. The quantitative estimate of drug-likeness (QED) is 0.378. The summed E-state index contributed by atoms with van der Waals surface area (Å²) in [7, 11) is 0. The standard InChI is InChI=1S/C25H20Br2N4OS/c1-15-25(23(32)31(30-15)20-5-3-2-4-6-20)21(16-7-11-18(26)12-8-16)28-24(33)29-22(25)17-9-13-19(27)14-10-17/h2-14,21-22H,1H3,(H2,28,29,33)/t21-,22-/m0/s1. The second kappa shape index (κ2) is 8.66. The number of benzene rings is 3. The molecule has 1 amide bonds. The maximum Gasteiger partial charge on any atom is 0.264 e. The van der Waals surface area contributed by atoms with Crippen molar-refractivity contribution in [2.75, 3.05) is 5.01 Å². The second-order valence-electron chi connectivity index (χ2n) is 8.09. The first kappa shape index (κ1) is 22.3. The van der Waals surface area contributed by atoms with Gasteiger partial charge in [0, 0.05) is 8.95 Å². The lowest BCUT2D eigenvalue weighted by Gasteiger charge is -2.47. The van der Waals surface area contributed by atoms with Crippen LogP contribution in [0.25, 0.3) is 0 Å². The number of halogens is 2. The maximum atomic E-state index is 14.4. The second-order valence-corrected chi connectivity index (χ2v) is 10.3. The molecule has 2 aliphatic rings. The van der Waals surface area contributed by atoms with Gasteiger partial charge in [0.1, 0.15) is 5.41 Å². The number of amides is 1. The topological polar surface area (TPSA) is 56.7 Å². The molecule has 1 saturated heterocycles. The fraction of sp³-hybridized carbons (Fsp3) is 0.160. The van der Waals surface area contributed by atoms with Crippen molar-refractivity contribution < 1.29 is 4.79 Å². The third kappa shape index (κ3) is 3.70. The number of hydrogen-bond donors (Lipinski definition) is 2. The Labute approximate surface area is 214 Å². The zero-order valence-corrected chi connectivity index (χ0v) is 21.6. The molecule has 0 bridgehead atoms. The van der Waals surface area contributed by atoms with Crippen molar-refractivity contribution >= 4 is 66.5 Å². The van der Waals surface area contributed by atoms with Crippen molar-refractivity contribution in [2.45, 2.75) is 19.0 Å². The number of thiocarbonyl (C=S) groups is 1. The normalized spacial score (nSPS) is 21.5. The van der Waals surface area contributed by atoms with E-state index in [0.717, 1.165) is 31.5 Å². The zero-order chi connectivity index (χ0) is 23.2. The summed E-state index contributed by atoms with van der Waals surface area (Å²) in [6.45, 7) is 1.93. The van der Waals surface area contributed by atoms with Crippen LogP contribution in [-0.4, -0.2) is 16.7 Å². The zero-order valence-electron chi connectivity index (χ0n) is 17.6. The molecule has 166 valence electrons. The smallest absolute Gasteiger partial charge is 0.264 e. The lowest BCUT2D eigenvalue weighted by Crippen LogP contribution is -2.63. The van der Waals surface area contributed by atoms with Gasteiger partial charge < -0.3 is 10.6 Å². The highest BCUT2D eigenvalue weighted by atomic mass is 79.9. The Bertz CT molecular complexity index is 1190. The number of nitrogens with one attached hydrogen (secondary N) is 2. The van der Waals surface area contributed by atoms with E-state index in [9.17, 15) is 4.79 Å². The number of carbonyl (C=O) groups is 1. The van der Waals surface area contributed by atoms with E-state index in [1.165, 1.54) is 5.01 Å². The summed E-state index contributed by atoms with van der Waals surface area (Å²) in [6.07, 6.45) is 0. The monoisotopic (exact) mass is 582 g/mol.